The fourth-order valence-electron chi connectivity index (χ4n) is 2.00. The predicted molar refractivity (Wildman–Crippen MR) is 95.2 cm³/mol. The molecule has 0 bridgehead atoms. The zero-order valence-electron chi connectivity index (χ0n) is 11.1. The standard InChI is InChI=1S/C16H9BrCl2N2O/c17-10-3-1-9(2-4-10)7-13(19)15-20-14-6-5-11(18)8-12(14)16(22)21-15/h1-8H,(H,20,21,22)/b13-7+. The van der Waals surface area contributed by atoms with E-state index in [1.807, 2.05) is 24.3 Å². The van der Waals surface area contributed by atoms with Crippen molar-refractivity contribution in [1.82, 2.24) is 9.97 Å². The first kappa shape index (κ1) is 15.3. The molecule has 0 fully saturated rings. The minimum Gasteiger partial charge on any atom is -0.305 e. The maximum atomic E-state index is 12.1. The number of hydrogen-bond donors (Lipinski definition) is 1. The van der Waals surface area contributed by atoms with Crippen LogP contribution in [0.4, 0.5) is 0 Å². The van der Waals surface area contributed by atoms with Crippen molar-refractivity contribution < 1.29 is 0 Å². The number of hydrogen-bond acceptors (Lipinski definition) is 2. The van der Waals surface area contributed by atoms with Gasteiger partial charge in [0.25, 0.3) is 5.56 Å². The normalized spacial score (nSPS) is 11.9. The Kier molecular flexibility index (Phi) is 4.34. The van der Waals surface area contributed by atoms with Crippen LogP contribution in [0.5, 0.6) is 0 Å². The largest absolute Gasteiger partial charge is 0.305 e. The van der Waals surface area contributed by atoms with Gasteiger partial charge in [-0.15, -0.1) is 0 Å². The minimum absolute atomic E-state index is 0.273. The summed E-state index contributed by atoms with van der Waals surface area (Å²) in [7, 11) is 0. The lowest BCUT2D eigenvalue weighted by atomic mass is 10.2. The van der Waals surface area contributed by atoms with E-state index in [9.17, 15) is 4.79 Å². The zero-order valence-corrected chi connectivity index (χ0v) is 14.2. The van der Waals surface area contributed by atoms with E-state index in [2.05, 4.69) is 25.9 Å². The minimum atomic E-state index is -0.273. The van der Waals surface area contributed by atoms with Gasteiger partial charge in [0.15, 0.2) is 5.82 Å². The first-order chi connectivity index (χ1) is 10.5. The predicted octanol–water partition coefficient (Wildman–Crippen LogP) is 5.08. The molecule has 0 radical (unpaired) electrons. The van der Waals surface area contributed by atoms with Gasteiger partial charge in [0.2, 0.25) is 0 Å². The molecule has 0 saturated carbocycles. The third kappa shape index (κ3) is 3.24. The second-order valence-electron chi connectivity index (χ2n) is 4.62. The Morgan fingerprint density at radius 2 is 1.91 bits per heavy atom. The molecule has 2 aromatic carbocycles. The Morgan fingerprint density at radius 3 is 2.64 bits per heavy atom. The van der Waals surface area contributed by atoms with Gasteiger partial charge in [-0.25, -0.2) is 4.98 Å². The van der Waals surface area contributed by atoms with E-state index in [1.165, 1.54) is 0 Å². The van der Waals surface area contributed by atoms with Crippen molar-refractivity contribution in [3.05, 3.63) is 73.7 Å². The molecular weight excluding hydrogens is 387 g/mol. The SMILES string of the molecule is O=c1[nH]c(/C(Cl)=C\c2ccc(Br)cc2)nc2ccc(Cl)cc12. The van der Waals surface area contributed by atoms with Gasteiger partial charge in [-0.2, -0.15) is 0 Å². The number of aromatic amines is 1. The van der Waals surface area contributed by atoms with Crippen molar-refractivity contribution in [3.63, 3.8) is 0 Å². The number of H-pyrrole nitrogens is 1. The number of benzene rings is 2. The molecule has 3 nitrogen and oxygen atoms in total. The Morgan fingerprint density at radius 1 is 1.18 bits per heavy atom. The van der Waals surface area contributed by atoms with E-state index >= 15 is 0 Å². The molecule has 110 valence electrons. The Hall–Kier alpha value is -1.62. The quantitative estimate of drug-likeness (QED) is 0.657. The van der Waals surface area contributed by atoms with Crippen LogP contribution in [0.15, 0.2) is 51.7 Å². The van der Waals surface area contributed by atoms with E-state index in [1.54, 1.807) is 24.3 Å². The van der Waals surface area contributed by atoms with Crippen LogP contribution < -0.4 is 5.56 Å². The van der Waals surface area contributed by atoms with Gasteiger partial charge >= 0.3 is 0 Å². The summed E-state index contributed by atoms with van der Waals surface area (Å²) in [5.41, 5.74) is 1.18. The maximum Gasteiger partial charge on any atom is 0.259 e. The fourth-order valence-corrected chi connectivity index (χ4v) is 2.65. The lowest BCUT2D eigenvalue weighted by Gasteiger charge is -2.03. The van der Waals surface area contributed by atoms with Crippen molar-refractivity contribution in [3.8, 4) is 0 Å². The molecule has 0 atom stereocenters. The number of nitrogens with one attached hydrogen (secondary N) is 1. The Bertz CT molecular complexity index is 933. The molecule has 0 saturated heterocycles. The third-order valence-corrected chi connectivity index (χ3v) is 4.11. The number of fused-ring (bicyclic) bond motifs is 1. The summed E-state index contributed by atoms with van der Waals surface area (Å²) in [6.07, 6.45) is 1.74. The van der Waals surface area contributed by atoms with E-state index < -0.39 is 0 Å². The first-order valence-corrected chi connectivity index (χ1v) is 7.90. The van der Waals surface area contributed by atoms with Gasteiger partial charge in [-0.1, -0.05) is 51.3 Å². The molecule has 0 aliphatic carbocycles. The molecule has 0 spiro atoms. The molecule has 6 heteroatoms. The van der Waals surface area contributed by atoms with Gasteiger partial charge < -0.3 is 4.98 Å². The average Bonchev–Trinajstić information content (AvgIpc) is 2.50. The van der Waals surface area contributed by atoms with Crippen LogP contribution in [0.2, 0.25) is 5.02 Å². The van der Waals surface area contributed by atoms with Crippen LogP contribution in [0.3, 0.4) is 0 Å². The summed E-state index contributed by atoms with van der Waals surface area (Å²) in [6, 6.07) is 12.6. The average molecular weight is 396 g/mol. The van der Waals surface area contributed by atoms with Crippen LogP contribution >= 0.6 is 39.1 Å². The van der Waals surface area contributed by atoms with Gasteiger partial charge in [-0.3, -0.25) is 4.79 Å². The molecule has 22 heavy (non-hydrogen) atoms. The smallest absolute Gasteiger partial charge is 0.259 e. The zero-order chi connectivity index (χ0) is 15.7. The molecule has 1 N–H and O–H groups in total. The van der Waals surface area contributed by atoms with Gasteiger partial charge in [0.1, 0.15) is 0 Å². The summed E-state index contributed by atoms with van der Waals surface area (Å²) >= 11 is 15.5. The fraction of sp³-hybridized carbons (Fsp3) is 0. The van der Waals surface area contributed by atoms with Crippen LogP contribution in [-0.2, 0) is 0 Å². The summed E-state index contributed by atoms with van der Waals surface area (Å²) in [5.74, 6) is 0.324. The van der Waals surface area contributed by atoms with Gasteiger partial charge in [0, 0.05) is 9.50 Å². The summed E-state index contributed by atoms with van der Waals surface area (Å²) in [6.45, 7) is 0. The first-order valence-electron chi connectivity index (χ1n) is 6.36. The molecular formula is C16H9BrCl2N2O. The van der Waals surface area contributed by atoms with Crippen molar-refractivity contribution in [1.29, 1.82) is 0 Å². The molecule has 1 aromatic heterocycles. The molecule has 0 aliphatic rings. The summed E-state index contributed by atoms with van der Waals surface area (Å²) < 4.78 is 0.981. The van der Waals surface area contributed by atoms with Crippen molar-refractivity contribution >= 4 is 61.1 Å². The molecule has 0 amide bonds. The highest BCUT2D eigenvalue weighted by atomic mass is 79.9. The van der Waals surface area contributed by atoms with Gasteiger partial charge in [-0.05, 0) is 42.0 Å². The van der Waals surface area contributed by atoms with Crippen LogP contribution in [0.1, 0.15) is 11.4 Å². The summed E-state index contributed by atoms with van der Waals surface area (Å²) in [5, 5.41) is 1.28. The Labute approximate surface area is 144 Å². The lowest BCUT2D eigenvalue weighted by molar-refractivity contribution is 1.14. The second-order valence-corrected chi connectivity index (χ2v) is 6.38. The molecule has 3 rings (SSSR count). The highest BCUT2D eigenvalue weighted by Gasteiger charge is 2.07. The number of aromatic nitrogens is 2. The van der Waals surface area contributed by atoms with Crippen molar-refractivity contribution in [2.75, 3.05) is 0 Å². The highest BCUT2D eigenvalue weighted by Crippen LogP contribution is 2.22. The molecule has 1 heterocycles. The lowest BCUT2D eigenvalue weighted by Crippen LogP contribution is -2.10. The van der Waals surface area contributed by atoms with Crippen molar-refractivity contribution in [2.24, 2.45) is 0 Å². The monoisotopic (exact) mass is 394 g/mol. The second kappa shape index (κ2) is 6.24. The van der Waals surface area contributed by atoms with E-state index in [-0.39, 0.29) is 5.56 Å². The van der Waals surface area contributed by atoms with Gasteiger partial charge in [0.05, 0.1) is 15.9 Å². The highest BCUT2D eigenvalue weighted by molar-refractivity contribution is 9.10. The van der Waals surface area contributed by atoms with E-state index in [0.717, 1.165) is 10.0 Å². The third-order valence-electron chi connectivity index (χ3n) is 3.06. The van der Waals surface area contributed by atoms with Crippen LogP contribution in [0.25, 0.3) is 22.0 Å². The topological polar surface area (TPSA) is 45.8 Å². The molecule has 3 aromatic rings. The maximum absolute atomic E-state index is 12.1. The number of nitrogens with zero attached hydrogens (tertiary/aromatic N) is 1. The number of rotatable bonds is 2. The number of halogens is 3. The van der Waals surface area contributed by atoms with Crippen LogP contribution in [-0.4, -0.2) is 9.97 Å². The van der Waals surface area contributed by atoms with Crippen molar-refractivity contribution in [2.45, 2.75) is 0 Å². The van der Waals surface area contributed by atoms with Crippen LogP contribution in [0, 0.1) is 0 Å². The molecule has 0 aliphatic heterocycles. The van der Waals surface area contributed by atoms with E-state index in [0.29, 0.717) is 26.8 Å². The Balaban J connectivity index is 2.07. The molecule has 0 unspecified atom stereocenters. The summed E-state index contributed by atoms with van der Waals surface area (Å²) in [4.78, 5) is 19.1. The van der Waals surface area contributed by atoms with E-state index in [4.69, 9.17) is 23.2 Å².